The largest absolute Gasteiger partial charge is 0.507 e. The van der Waals surface area contributed by atoms with Crippen molar-refractivity contribution >= 4 is 11.8 Å². The zero-order valence-corrected chi connectivity index (χ0v) is 23.0. The van der Waals surface area contributed by atoms with Crippen LogP contribution in [0.15, 0.2) is 24.4 Å². The van der Waals surface area contributed by atoms with Crippen molar-refractivity contribution in [2.45, 2.75) is 38.9 Å². The van der Waals surface area contributed by atoms with Crippen LogP contribution in [0.2, 0.25) is 0 Å². The summed E-state index contributed by atoms with van der Waals surface area (Å²) in [5, 5.41) is 33.9. The van der Waals surface area contributed by atoms with E-state index in [0.717, 1.165) is 0 Å². The number of fused-ring (bicyclic) bond motifs is 1. The molecule has 0 aliphatic carbocycles. The number of benzene rings is 2. The van der Waals surface area contributed by atoms with E-state index in [1.165, 1.54) is 41.4 Å². The van der Waals surface area contributed by atoms with Crippen LogP contribution < -0.4 is 14.2 Å². The lowest BCUT2D eigenvalue weighted by atomic mass is 9.82. The number of carbonyl (C=O) groups excluding carboxylic acids is 2. The number of aromatic hydroxyl groups is 3. The number of esters is 1. The Balaban J connectivity index is 2.05. The standard InChI is InChI=1S/C29H31NO10/c1-13-26(33)24-15(11-30-13)12-40-29(24)19-7-16(14(2)31)27(34)25(28(19)35)18(9-23(32)39-6)17-8-21(37-4)22(38-5)10-20(17)36-3/h7-8,10-11,18,29,33-35H,9,12H2,1-6H3. The minimum atomic E-state index is -1.08. The molecular weight excluding hydrogens is 522 g/mol. The average molecular weight is 554 g/mol. The van der Waals surface area contributed by atoms with Crippen molar-refractivity contribution in [2.24, 2.45) is 0 Å². The van der Waals surface area contributed by atoms with Crippen LogP contribution in [-0.2, 0) is 20.9 Å². The zero-order valence-electron chi connectivity index (χ0n) is 23.0. The van der Waals surface area contributed by atoms with Crippen molar-refractivity contribution < 1.29 is 48.6 Å². The molecule has 2 atom stereocenters. The minimum absolute atomic E-state index is 0.0982. The number of methoxy groups -OCH3 is 4. The molecule has 1 aliphatic heterocycles. The van der Waals surface area contributed by atoms with Gasteiger partial charge in [-0.3, -0.25) is 14.6 Å². The van der Waals surface area contributed by atoms with Gasteiger partial charge in [0, 0.05) is 46.0 Å². The summed E-state index contributed by atoms with van der Waals surface area (Å²) in [7, 11) is 5.52. The third-order valence-corrected chi connectivity index (χ3v) is 7.08. The van der Waals surface area contributed by atoms with Crippen molar-refractivity contribution in [3.8, 4) is 34.5 Å². The van der Waals surface area contributed by atoms with Crippen LogP contribution in [0, 0.1) is 6.92 Å². The molecule has 2 aromatic carbocycles. The zero-order chi connectivity index (χ0) is 29.3. The van der Waals surface area contributed by atoms with Gasteiger partial charge in [-0.25, -0.2) is 0 Å². The highest BCUT2D eigenvalue weighted by atomic mass is 16.5. The monoisotopic (exact) mass is 553 g/mol. The molecule has 11 nitrogen and oxygen atoms in total. The molecule has 3 aromatic rings. The Bertz CT molecular complexity index is 1480. The van der Waals surface area contributed by atoms with Gasteiger partial charge in [-0.15, -0.1) is 0 Å². The molecule has 0 amide bonds. The maximum Gasteiger partial charge on any atom is 0.306 e. The molecule has 0 saturated carbocycles. The summed E-state index contributed by atoms with van der Waals surface area (Å²) in [5.74, 6) is -2.37. The lowest BCUT2D eigenvalue weighted by Crippen LogP contribution is -2.14. The van der Waals surface area contributed by atoms with Crippen LogP contribution in [0.5, 0.6) is 34.5 Å². The smallest absolute Gasteiger partial charge is 0.306 e. The molecule has 212 valence electrons. The number of pyridine rings is 1. The van der Waals surface area contributed by atoms with E-state index in [0.29, 0.717) is 33.9 Å². The quantitative estimate of drug-likeness (QED) is 0.260. The summed E-state index contributed by atoms with van der Waals surface area (Å²) in [6.07, 6.45) is 0.240. The molecule has 1 aliphatic rings. The molecule has 0 spiro atoms. The lowest BCUT2D eigenvalue weighted by molar-refractivity contribution is -0.140. The molecule has 1 aromatic heterocycles. The fourth-order valence-electron chi connectivity index (χ4n) is 5.01. The lowest BCUT2D eigenvalue weighted by Gasteiger charge is -2.26. The van der Waals surface area contributed by atoms with Crippen molar-refractivity contribution in [3.05, 3.63) is 63.5 Å². The summed E-state index contributed by atoms with van der Waals surface area (Å²) in [6.45, 7) is 2.99. The first-order chi connectivity index (χ1) is 19.1. The summed E-state index contributed by atoms with van der Waals surface area (Å²) >= 11 is 0. The molecule has 3 N–H and O–H groups in total. The van der Waals surface area contributed by atoms with Gasteiger partial charge >= 0.3 is 5.97 Å². The third kappa shape index (κ3) is 4.84. The second-order valence-electron chi connectivity index (χ2n) is 9.28. The normalized spacial score (nSPS) is 14.8. The second kappa shape index (κ2) is 11.3. The van der Waals surface area contributed by atoms with Gasteiger partial charge in [0.15, 0.2) is 17.3 Å². The molecule has 0 fully saturated rings. The van der Waals surface area contributed by atoms with E-state index in [-0.39, 0.29) is 41.2 Å². The number of Topliss-reactive ketones (excluding diaryl/α,β-unsaturated/α-hetero) is 1. The van der Waals surface area contributed by atoms with Crippen LogP contribution in [0.4, 0.5) is 0 Å². The number of phenolic OH excluding ortho intramolecular Hbond substituents is 2. The summed E-state index contributed by atoms with van der Waals surface area (Å²) < 4.78 is 27.3. The number of hydrogen-bond acceptors (Lipinski definition) is 11. The Morgan fingerprint density at radius 1 is 0.975 bits per heavy atom. The number of rotatable bonds is 9. The fourth-order valence-corrected chi connectivity index (χ4v) is 5.01. The first-order valence-corrected chi connectivity index (χ1v) is 12.3. The molecule has 0 saturated heterocycles. The minimum Gasteiger partial charge on any atom is -0.507 e. The van der Waals surface area contributed by atoms with Gasteiger partial charge in [-0.05, 0) is 26.0 Å². The highest BCUT2D eigenvalue weighted by Crippen LogP contribution is 2.52. The van der Waals surface area contributed by atoms with E-state index in [1.807, 2.05) is 0 Å². The predicted octanol–water partition coefficient (Wildman–Crippen LogP) is 4.05. The van der Waals surface area contributed by atoms with E-state index < -0.39 is 35.3 Å². The number of hydrogen-bond donors (Lipinski definition) is 3. The third-order valence-electron chi connectivity index (χ3n) is 7.08. The summed E-state index contributed by atoms with van der Waals surface area (Å²) in [6, 6.07) is 4.44. The molecule has 2 heterocycles. The highest BCUT2D eigenvalue weighted by molar-refractivity contribution is 5.98. The van der Waals surface area contributed by atoms with E-state index >= 15 is 0 Å². The number of aryl methyl sites for hydroxylation is 1. The van der Waals surface area contributed by atoms with Crippen LogP contribution in [0.3, 0.4) is 0 Å². The topological polar surface area (TPSA) is 154 Å². The Kier molecular flexibility index (Phi) is 8.06. The number of aromatic nitrogens is 1. The molecule has 0 bridgehead atoms. The van der Waals surface area contributed by atoms with Crippen molar-refractivity contribution in [2.75, 3.05) is 28.4 Å². The van der Waals surface area contributed by atoms with Gasteiger partial charge in [0.2, 0.25) is 0 Å². The Morgan fingerprint density at radius 2 is 1.62 bits per heavy atom. The van der Waals surface area contributed by atoms with Crippen LogP contribution in [-0.4, -0.2) is 60.5 Å². The number of nitrogens with zero attached hydrogens (tertiary/aromatic N) is 1. The SMILES string of the molecule is COC(=O)CC(c1cc(OC)c(OC)cc1OC)c1c(O)c(C(C)=O)cc(C2OCc3cnc(C)c(O)c32)c1O. The Labute approximate surface area is 230 Å². The first-order valence-electron chi connectivity index (χ1n) is 12.3. The van der Waals surface area contributed by atoms with Crippen LogP contribution in [0.25, 0.3) is 0 Å². The second-order valence-corrected chi connectivity index (χ2v) is 9.28. The van der Waals surface area contributed by atoms with Gasteiger partial charge in [-0.2, -0.15) is 0 Å². The Hall–Kier alpha value is -4.51. The predicted molar refractivity (Wildman–Crippen MR) is 142 cm³/mol. The molecule has 4 rings (SSSR count). The molecule has 2 unspecified atom stereocenters. The maximum absolute atomic E-state index is 12.7. The van der Waals surface area contributed by atoms with E-state index in [9.17, 15) is 24.9 Å². The summed E-state index contributed by atoms with van der Waals surface area (Å²) in [5.41, 5.74) is 1.59. The van der Waals surface area contributed by atoms with Crippen molar-refractivity contribution in [3.63, 3.8) is 0 Å². The number of phenols is 2. The molecule has 11 heteroatoms. The fraction of sp³-hybridized carbons (Fsp3) is 0.345. The molecule has 40 heavy (non-hydrogen) atoms. The molecule has 0 radical (unpaired) electrons. The number of ether oxygens (including phenoxy) is 5. The van der Waals surface area contributed by atoms with Crippen LogP contribution in [0.1, 0.15) is 69.2 Å². The highest BCUT2D eigenvalue weighted by Gasteiger charge is 2.37. The molecular formula is C29H31NO10. The van der Waals surface area contributed by atoms with Gasteiger partial charge < -0.3 is 39.0 Å². The van der Waals surface area contributed by atoms with Gasteiger partial charge in [0.25, 0.3) is 0 Å². The van der Waals surface area contributed by atoms with Crippen molar-refractivity contribution in [1.29, 1.82) is 0 Å². The van der Waals surface area contributed by atoms with Crippen LogP contribution >= 0.6 is 0 Å². The van der Waals surface area contributed by atoms with E-state index in [1.54, 1.807) is 25.3 Å². The van der Waals surface area contributed by atoms with Crippen molar-refractivity contribution in [1.82, 2.24) is 4.98 Å². The van der Waals surface area contributed by atoms with E-state index in [2.05, 4.69) is 4.98 Å². The number of carbonyl (C=O) groups is 2. The number of ketones is 1. The average Bonchev–Trinajstić information content (AvgIpc) is 3.37. The maximum atomic E-state index is 12.7. The van der Waals surface area contributed by atoms with Gasteiger partial charge in [0.1, 0.15) is 29.1 Å². The van der Waals surface area contributed by atoms with Gasteiger partial charge in [-0.1, -0.05) is 0 Å². The van der Waals surface area contributed by atoms with E-state index in [4.69, 9.17) is 23.7 Å². The van der Waals surface area contributed by atoms with Gasteiger partial charge in [0.05, 0.1) is 52.7 Å². The summed E-state index contributed by atoms with van der Waals surface area (Å²) in [4.78, 5) is 29.5. The first kappa shape index (κ1) is 28.5. The Morgan fingerprint density at radius 3 is 2.23 bits per heavy atom.